The summed E-state index contributed by atoms with van der Waals surface area (Å²) in [5, 5.41) is 8.72. The van der Waals surface area contributed by atoms with Crippen LogP contribution in [-0.4, -0.2) is 41.4 Å². The first-order valence-corrected chi connectivity index (χ1v) is 10.0. The molecule has 5 rings (SSSR count). The molecule has 0 saturated carbocycles. The topological polar surface area (TPSA) is 121 Å². The van der Waals surface area contributed by atoms with Crippen LogP contribution in [-0.2, 0) is 4.79 Å². The molecule has 10 heteroatoms. The molecule has 0 bridgehead atoms. The number of carbonyl (C=O) groups is 1. The van der Waals surface area contributed by atoms with Crippen molar-refractivity contribution in [1.82, 2.24) is 29.7 Å². The highest BCUT2D eigenvalue weighted by atomic mass is 32.2. The van der Waals surface area contributed by atoms with Gasteiger partial charge in [0.1, 0.15) is 11.4 Å². The number of H-pyrrole nitrogens is 2. The van der Waals surface area contributed by atoms with Crippen LogP contribution in [0.25, 0.3) is 27.8 Å². The maximum absolute atomic E-state index is 12.4. The van der Waals surface area contributed by atoms with E-state index in [1.165, 1.54) is 18.1 Å². The Morgan fingerprint density at radius 1 is 1.07 bits per heavy atom. The number of aromatic nitrogens is 6. The van der Waals surface area contributed by atoms with Gasteiger partial charge in [-0.15, -0.1) is 0 Å². The van der Waals surface area contributed by atoms with E-state index in [0.29, 0.717) is 27.4 Å². The first-order chi connectivity index (χ1) is 14.7. The van der Waals surface area contributed by atoms with Crippen LogP contribution in [0, 0.1) is 0 Å². The molecular weight excluding hydrogens is 402 g/mol. The number of benzene rings is 2. The van der Waals surface area contributed by atoms with Gasteiger partial charge in [0.2, 0.25) is 5.91 Å². The maximum Gasteiger partial charge on any atom is 0.323 e. The Bertz CT molecular complexity index is 1420. The van der Waals surface area contributed by atoms with Crippen LogP contribution in [0.15, 0.2) is 70.9 Å². The van der Waals surface area contributed by atoms with Crippen LogP contribution in [0.1, 0.15) is 0 Å². The number of nitrogens with one attached hydrogen (secondary N) is 3. The zero-order valence-corrected chi connectivity index (χ0v) is 16.3. The van der Waals surface area contributed by atoms with Gasteiger partial charge in [-0.3, -0.25) is 4.79 Å². The summed E-state index contributed by atoms with van der Waals surface area (Å²) >= 11 is 1.31. The van der Waals surface area contributed by atoms with E-state index in [4.69, 9.17) is 0 Å². The normalized spacial score (nSPS) is 11.2. The van der Waals surface area contributed by atoms with Crippen molar-refractivity contribution < 1.29 is 4.79 Å². The minimum absolute atomic E-state index is 0.171. The number of hydrogen-bond donors (Lipinski definition) is 3. The van der Waals surface area contributed by atoms with Gasteiger partial charge >= 0.3 is 5.69 Å². The van der Waals surface area contributed by atoms with E-state index in [2.05, 4.69) is 30.4 Å². The summed E-state index contributed by atoms with van der Waals surface area (Å²) in [6.07, 6.45) is 3.18. The van der Waals surface area contributed by atoms with E-state index in [9.17, 15) is 9.59 Å². The molecule has 1 amide bonds. The van der Waals surface area contributed by atoms with Crippen molar-refractivity contribution in [3.05, 3.63) is 71.5 Å². The minimum atomic E-state index is -0.284. The van der Waals surface area contributed by atoms with Gasteiger partial charge in [0.25, 0.3) is 0 Å². The average molecular weight is 417 g/mol. The van der Waals surface area contributed by atoms with Gasteiger partial charge in [-0.1, -0.05) is 30.0 Å². The van der Waals surface area contributed by atoms with Gasteiger partial charge in [0, 0.05) is 5.69 Å². The van der Waals surface area contributed by atoms with Crippen molar-refractivity contribution in [3.8, 4) is 5.69 Å². The lowest BCUT2D eigenvalue weighted by Gasteiger charge is -2.06. The highest BCUT2D eigenvalue weighted by Gasteiger charge is 2.13. The summed E-state index contributed by atoms with van der Waals surface area (Å²) in [7, 11) is 0. The Kier molecular flexibility index (Phi) is 4.52. The van der Waals surface area contributed by atoms with E-state index in [-0.39, 0.29) is 17.3 Å². The number of hydrogen-bond acceptors (Lipinski definition) is 6. The summed E-state index contributed by atoms with van der Waals surface area (Å²) in [5.74, 6) is -0.0101. The number of rotatable bonds is 5. The lowest BCUT2D eigenvalue weighted by Crippen LogP contribution is -2.14. The molecule has 2 aromatic carbocycles. The third kappa shape index (κ3) is 3.44. The summed E-state index contributed by atoms with van der Waals surface area (Å²) in [6.45, 7) is 0. The monoisotopic (exact) mass is 417 g/mol. The van der Waals surface area contributed by atoms with Gasteiger partial charge in [0.05, 0.1) is 34.1 Å². The molecule has 0 fully saturated rings. The summed E-state index contributed by atoms with van der Waals surface area (Å²) in [6, 6.07) is 14.9. The van der Waals surface area contributed by atoms with Crippen molar-refractivity contribution in [2.75, 3.05) is 11.1 Å². The fourth-order valence-corrected chi connectivity index (χ4v) is 3.90. The van der Waals surface area contributed by atoms with Gasteiger partial charge < -0.3 is 15.3 Å². The Balaban J connectivity index is 1.32. The van der Waals surface area contributed by atoms with Crippen LogP contribution in [0.2, 0.25) is 0 Å². The zero-order chi connectivity index (χ0) is 20.5. The van der Waals surface area contributed by atoms with Crippen LogP contribution < -0.4 is 11.0 Å². The number of amides is 1. The fourth-order valence-electron chi connectivity index (χ4n) is 3.14. The Morgan fingerprint density at radius 3 is 2.77 bits per heavy atom. The largest absolute Gasteiger partial charge is 0.325 e. The molecule has 0 aliphatic carbocycles. The molecule has 0 radical (unpaired) electrons. The number of nitrogens with zero attached hydrogens (tertiary/aromatic N) is 4. The molecule has 0 unspecified atom stereocenters. The summed E-state index contributed by atoms with van der Waals surface area (Å²) in [4.78, 5) is 37.8. The summed E-state index contributed by atoms with van der Waals surface area (Å²) < 4.78 is 1.74. The molecular formula is C20H15N7O2S. The first-order valence-electron chi connectivity index (χ1n) is 9.06. The standard InChI is InChI=1S/C20H15N7O2S/c28-17(24-12-6-7-15-16(8-12)26-20(29)25-15)10-30-19-14-9-23-27(18(14)21-11-22-19)13-4-2-1-3-5-13/h1-9,11H,10H2,(H,24,28)(H2,25,26,29). The number of anilines is 1. The second-order valence-corrected chi connectivity index (χ2v) is 7.45. The summed E-state index contributed by atoms with van der Waals surface area (Å²) in [5.41, 5.74) is 3.22. The lowest BCUT2D eigenvalue weighted by atomic mass is 10.3. The number of thioether (sulfide) groups is 1. The van der Waals surface area contributed by atoms with Gasteiger partial charge in [0.15, 0.2) is 5.65 Å². The predicted molar refractivity (Wildman–Crippen MR) is 115 cm³/mol. The van der Waals surface area contributed by atoms with E-state index in [1.807, 2.05) is 30.3 Å². The van der Waals surface area contributed by atoms with Gasteiger partial charge in [-0.05, 0) is 30.3 Å². The van der Waals surface area contributed by atoms with E-state index >= 15 is 0 Å². The van der Waals surface area contributed by atoms with E-state index in [0.717, 1.165) is 11.1 Å². The predicted octanol–water partition coefficient (Wildman–Crippen LogP) is 2.72. The van der Waals surface area contributed by atoms with Gasteiger partial charge in [-0.25, -0.2) is 19.4 Å². The molecule has 0 aliphatic heterocycles. The van der Waals surface area contributed by atoms with Crippen molar-refractivity contribution in [2.24, 2.45) is 0 Å². The number of aromatic amines is 2. The zero-order valence-electron chi connectivity index (χ0n) is 15.5. The number of imidazole rings is 1. The van der Waals surface area contributed by atoms with Crippen LogP contribution in [0.3, 0.4) is 0 Å². The molecule has 5 aromatic rings. The molecule has 0 aliphatic rings. The van der Waals surface area contributed by atoms with Crippen molar-refractivity contribution in [2.45, 2.75) is 5.03 Å². The van der Waals surface area contributed by atoms with Gasteiger partial charge in [-0.2, -0.15) is 5.10 Å². The number of fused-ring (bicyclic) bond motifs is 2. The van der Waals surface area contributed by atoms with Crippen LogP contribution >= 0.6 is 11.8 Å². The van der Waals surface area contributed by atoms with E-state index < -0.39 is 0 Å². The van der Waals surface area contributed by atoms with Crippen LogP contribution in [0.4, 0.5) is 5.69 Å². The fraction of sp³-hybridized carbons (Fsp3) is 0.0500. The first kappa shape index (κ1) is 18.1. The molecule has 3 aromatic heterocycles. The minimum Gasteiger partial charge on any atom is -0.325 e. The quantitative estimate of drug-likeness (QED) is 0.299. The Labute approximate surface area is 173 Å². The maximum atomic E-state index is 12.4. The molecule has 3 heterocycles. The number of para-hydroxylation sites is 1. The third-order valence-electron chi connectivity index (χ3n) is 4.47. The second kappa shape index (κ2) is 7.48. The number of carbonyl (C=O) groups excluding carboxylic acids is 1. The lowest BCUT2D eigenvalue weighted by molar-refractivity contribution is -0.113. The molecule has 148 valence electrons. The van der Waals surface area contributed by atoms with Crippen LogP contribution in [0.5, 0.6) is 0 Å². The molecule has 3 N–H and O–H groups in total. The van der Waals surface area contributed by atoms with Crippen molar-refractivity contribution in [3.63, 3.8) is 0 Å². The Hall–Kier alpha value is -3.92. The smallest absolute Gasteiger partial charge is 0.323 e. The second-order valence-electron chi connectivity index (χ2n) is 6.48. The van der Waals surface area contributed by atoms with Crippen molar-refractivity contribution >= 4 is 45.4 Å². The molecule has 9 nitrogen and oxygen atoms in total. The highest BCUT2D eigenvalue weighted by Crippen LogP contribution is 2.26. The average Bonchev–Trinajstić information content (AvgIpc) is 3.35. The molecule has 0 saturated heterocycles. The Morgan fingerprint density at radius 2 is 1.90 bits per heavy atom. The molecule has 0 spiro atoms. The van der Waals surface area contributed by atoms with Crippen molar-refractivity contribution in [1.29, 1.82) is 0 Å². The molecule has 0 atom stereocenters. The SMILES string of the molecule is O=C(CSc1ncnc2c1cnn2-c1ccccc1)Nc1ccc2[nH]c(=O)[nH]c2c1. The molecule has 30 heavy (non-hydrogen) atoms. The van der Waals surface area contributed by atoms with E-state index in [1.54, 1.807) is 29.1 Å². The highest BCUT2D eigenvalue weighted by molar-refractivity contribution is 8.00. The third-order valence-corrected chi connectivity index (χ3v) is 5.48.